The minimum Gasteiger partial charge on any atom is -0.380 e. The molecule has 6 unspecified atom stereocenters. The Labute approximate surface area is 155 Å². The van der Waals surface area contributed by atoms with Crippen LogP contribution in [0.4, 0.5) is 13.2 Å². The van der Waals surface area contributed by atoms with E-state index in [1.54, 1.807) is 12.1 Å². The number of fused-ring (bicyclic) bond motifs is 3. The summed E-state index contributed by atoms with van der Waals surface area (Å²) < 4.78 is 44.9. The third-order valence-corrected chi connectivity index (χ3v) is 7.74. The Morgan fingerprint density at radius 3 is 2.41 bits per heavy atom. The Bertz CT molecular complexity index is 1000. The second-order valence-electron chi connectivity index (χ2n) is 8.36. The first-order valence-corrected chi connectivity index (χ1v) is 9.28. The molecule has 0 bridgehead atoms. The van der Waals surface area contributed by atoms with Crippen LogP contribution in [0.25, 0.3) is 0 Å². The molecular formula is C23H17F3O. The fourth-order valence-electron chi connectivity index (χ4n) is 6.97. The SMILES string of the molecule is C#CC12C3c4ccccc4C1C21COCC1C3c1ccc(C(F)(F)F)cc1. The molecule has 4 aliphatic rings. The van der Waals surface area contributed by atoms with Crippen LogP contribution >= 0.6 is 0 Å². The molecule has 0 N–H and O–H groups in total. The molecule has 1 heterocycles. The first-order valence-electron chi connectivity index (χ1n) is 9.28. The number of halogens is 3. The predicted molar refractivity (Wildman–Crippen MR) is 94.1 cm³/mol. The number of benzene rings is 2. The van der Waals surface area contributed by atoms with Gasteiger partial charge in [0, 0.05) is 17.3 Å². The molecule has 1 saturated heterocycles. The van der Waals surface area contributed by atoms with Crippen molar-refractivity contribution in [1.29, 1.82) is 0 Å². The van der Waals surface area contributed by atoms with E-state index in [0.29, 0.717) is 19.1 Å². The summed E-state index contributed by atoms with van der Waals surface area (Å²) in [7, 11) is 0. The summed E-state index contributed by atoms with van der Waals surface area (Å²) in [6.07, 6.45) is 1.81. The van der Waals surface area contributed by atoms with Gasteiger partial charge in [0.05, 0.1) is 24.2 Å². The highest BCUT2D eigenvalue weighted by molar-refractivity contribution is 5.65. The van der Waals surface area contributed by atoms with Gasteiger partial charge in [-0.05, 0) is 40.7 Å². The molecule has 3 aliphatic carbocycles. The number of rotatable bonds is 1. The van der Waals surface area contributed by atoms with Crippen molar-refractivity contribution in [3.8, 4) is 12.3 Å². The van der Waals surface area contributed by atoms with Crippen molar-refractivity contribution in [2.45, 2.75) is 23.9 Å². The lowest BCUT2D eigenvalue weighted by Crippen LogP contribution is -2.20. The minimum atomic E-state index is -4.32. The molecular weight excluding hydrogens is 349 g/mol. The second-order valence-corrected chi connectivity index (χ2v) is 8.36. The molecule has 0 radical (unpaired) electrons. The maximum Gasteiger partial charge on any atom is 0.416 e. The van der Waals surface area contributed by atoms with Gasteiger partial charge in [0.1, 0.15) is 0 Å². The van der Waals surface area contributed by atoms with Crippen LogP contribution in [-0.2, 0) is 10.9 Å². The highest BCUT2D eigenvalue weighted by atomic mass is 19.4. The quantitative estimate of drug-likeness (QED) is 0.649. The van der Waals surface area contributed by atoms with E-state index in [1.165, 1.54) is 23.3 Å². The Morgan fingerprint density at radius 2 is 1.74 bits per heavy atom. The van der Waals surface area contributed by atoms with Crippen LogP contribution < -0.4 is 0 Å². The summed E-state index contributed by atoms with van der Waals surface area (Å²) in [4.78, 5) is 0. The molecule has 1 spiro atoms. The van der Waals surface area contributed by atoms with Gasteiger partial charge in [-0.2, -0.15) is 13.2 Å². The van der Waals surface area contributed by atoms with Crippen LogP contribution in [0.3, 0.4) is 0 Å². The van der Waals surface area contributed by atoms with E-state index in [2.05, 4.69) is 24.1 Å². The van der Waals surface area contributed by atoms with Crippen LogP contribution in [-0.4, -0.2) is 13.2 Å². The fourth-order valence-corrected chi connectivity index (χ4v) is 6.97. The fraction of sp³-hybridized carbons (Fsp3) is 0.391. The van der Waals surface area contributed by atoms with E-state index in [1.807, 2.05) is 6.07 Å². The molecule has 1 nitrogen and oxygen atoms in total. The molecule has 27 heavy (non-hydrogen) atoms. The average molecular weight is 366 g/mol. The molecule has 4 heteroatoms. The lowest BCUT2D eigenvalue weighted by molar-refractivity contribution is -0.137. The zero-order chi connectivity index (χ0) is 18.6. The van der Waals surface area contributed by atoms with E-state index in [-0.39, 0.29) is 28.6 Å². The van der Waals surface area contributed by atoms with E-state index < -0.39 is 11.7 Å². The van der Waals surface area contributed by atoms with Crippen LogP contribution in [0.5, 0.6) is 0 Å². The van der Waals surface area contributed by atoms with Gasteiger partial charge in [-0.3, -0.25) is 0 Å². The Kier molecular flexibility index (Phi) is 2.68. The largest absolute Gasteiger partial charge is 0.416 e. The van der Waals surface area contributed by atoms with Crippen LogP contribution in [0.2, 0.25) is 0 Å². The first-order chi connectivity index (χ1) is 13.0. The van der Waals surface area contributed by atoms with Gasteiger partial charge in [0.2, 0.25) is 0 Å². The smallest absolute Gasteiger partial charge is 0.380 e. The minimum absolute atomic E-state index is 0.0475. The van der Waals surface area contributed by atoms with Crippen molar-refractivity contribution in [2.24, 2.45) is 16.7 Å². The number of ether oxygens (including phenoxy) is 1. The molecule has 0 amide bonds. The van der Waals surface area contributed by atoms with Crippen molar-refractivity contribution in [3.05, 3.63) is 70.8 Å². The Morgan fingerprint density at radius 1 is 1.04 bits per heavy atom. The van der Waals surface area contributed by atoms with Crippen molar-refractivity contribution in [3.63, 3.8) is 0 Å². The molecule has 0 aromatic heterocycles. The summed E-state index contributed by atoms with van der Waals surface area (Å²) in [6, 6.07) is 14.1. The number of terminal acetylenes is 1. The van der Waals surface area contributed by atoms with Crippen LogP contribution in [0.1, 0.15) is 40.0 Å². The van der Waals surface area contributed by atoms with Crippen molar-refractivity contribution < 1.29 is 17.9 Å². The van der Waals surface area contributed by atoms with Gasteiger partial charge in [0.15, 0.2) is 0 Å². The first kappa shape index (κ1) is 15.8. The van der Waals surface area contributed by atoms with E-state index >= 15 is 0 Å². The zero-order valence-corrected chi connectivity index (χ0v) is 14.5. The molecule has 3 fully saturated rings. The molecule has 2 aromatic carbocycles. The topological polar surface area (TPSA) is 9.23 Å². The second kappa shape index (κ2) is 4.59. The van der Waals surface area contributed by atoms with Crippen LogP contribution in [0, 0.1) is 29.1 Å². The lowest BCUT2D eigenvalue weighted by atomic mass is 9.75. The van der Waals surface area contributed by atoms with Crippen molar-refractivity contribution in [1.82, 2.24) is 0 Å². The number of hydrogen-bond donors (Lipinski definition) is 0. The summed E-state index contributed by atoms with van der Waals surface area (Å²) in [5.41, 5.74) is 2.65. The normalized spacial score (nSPS) is 40.2. The van der Waals surface area contributed by atoms with Crippen molar-refractivity contribution >= 4 is 0 Å². The van der Waals surface area contributed by atoms with Gasteiger partial charge < -0.3 is 4.74 Å². The van der Waals surface area contributed by atoms with Crippen molar-refractivity contribution in [2.75, 3.05) is 13.2 Å². The highest BCUT2D eigenvalue weighted by Crippen LogP contribution is 2.94. The third kappa shape index (κ3) is 1.53. The Balaban J connectivity index is 1.53. The van der Waals surface area contributed by atoms with E-state index in [4.69, 9.17) is 11.2 Å². The number of hydrogen-bond acceptors (Lipinski definition) is 1. The standard InChI is InChI=1S/C23H17F3O/c1-2-21-19-15-5-3-4-6-16(15)20(21)22(21)12-27-11-17(22)18(19)13-7-9-14(10-8-13)23(24,25)26/h1,3-10,17-20H,11-12H2. The lowest BCUT2D eigenvalue weighted by Gasteiger charge is -2.28. The summed E-state index contributed by atoms with van der Waals surface area (Å²) in [6.45, 7) is 1.30. The average Bonchev–Trinajstić information content (AvgIpc) is 2.90. The maximum atomic E-state index is 13.0. The molecule has 2 saturated carbocycles. The zero-order valence-electron chi connectivity index (χ0n) is 14.5. The monoisotopic (exact) mass is 366 g/mol. The van der Waals surface area contributed by atoms with Crippen LogP contribution in [0.15, 0.2) is 48.5 Å². The summed E-state index contributed by atoms with van der Waals surface area (Å²) in [5.74, 6) is 4.01. The molecule has 1 aliphatic heterocycles. The molecule has 6 atom stereocenters. The van der Waals surface area contributed by atoms with Gasteiger partial charge in [-0.25, -0.2) is 0 Å². The number of alkyl halides is 3. The Hall–Kier alpha value is -2.25. The molecule has 136 valence electrons. The van der Waals surface area contributed by atoms with Gasteiger partial charge in [0.25, 0.3) is 0 Å². The summed E-state index contributed by atoms with van der Waals surface area (Å²) in [5, 5.41) is 0. The van der Waals surface area contributed by atoms with E-state index in [0.717, 1.165) is 5.56 Å². The third-order valence-electron chi connectivity index (χ3n) is 7.74. The van der Waals surface area contributed by atoms with Gasteiger partial charge in [-0.15, -0.1) is 6.42 Å². The highest BCUT2D eigenvalue weighted by Gasteiger charge is 2.91. The van der Waals surface area contributed by atoms with Gasteiger partial charge in [-0.1, -0.05) is 42.3 Å². The maximum absolute atomic E-state index is 13.0. The molecule has 2 aromatic rings. The molecule has 6 rings (SSSR count). The van der Waals surface area contributed by atoms with Gasteiger partial charge >= 0.3 is 6.18 Å². The predicted octanol–water partition coefficient (Wildman–Crippen LogP) is 4.95. The van der Waals surface area contributed by atoms with E-state index in [9.17, 15) is 13.2 Å². The summed E-state index contributed by atoms with van der Waals surface area (Å²) >= 11 is 0.